The Morgan fingerprint density at radius 1 is 1.28 bits per heavy atom. The van der Waals surface area contributed by atoms with Gasteiger partial charge in [-0.05, 0) is 50.5 Å². The summed E-state index contributed by atoms with van der Waals surface area (Å²) in [6, 6.07) is 4.98. The summed E-state index contributed by atoms with van der Waals surface area (Å²) in [6.07, 6.45) is 2.18. The van der Waals surface area contributed by atoms with Crippen LogP contribution in [-0.2, 0) is 19.6 Å². The Bertz CT molecular complexity index is 752. The number of nitrogens with zero attached hydrogens (tertiary/aromatic N) is 1. The Morgan fingerprint density at radius 2 is 1.92 bits per heavy atom. The number of aryl methyl sites for hydroxylation is 1. The van der Waals surface area contributed by atoms with Gasteiger partial charge in [-0.1, -0.05) is 0 Å². The molecule has 8 heteroatoms. The number of hydrogen-bond acceptors (Lipinski definition) is 5. The lowest BCUT2D eigenvalue weighted by molar-refractivity contribution is -0.120. The molecule has 0 aromatic heterocycles. The molecule has 7 nitrogen and oxygen atoms in total. The molecule has 1 N–H and O–H groups in total. The summed E-state index contributed by atoms with van der Waals surface area (Å²) >= 11 is 0. The zero-order valence-electron chi connectivity index (χ0n) is 14.7. The molecule has 0 radical (unpaired) electrons. The first-order valence-electron chi connectivity index (χ1n) is 8.26. The molecule has 1 aliphatic rings. The lowest BCUT2D eigenvalue weighted by Crippen LogP contribution is -2.40. The maximum absolute atomic E-state index is 12.4. The van der Waals surface area contributed by atoms with Gasteiger partial charge in [-0.2, -0.15) is 0 Å². The summed E-state index contributed by atoms with van der Waals surface area (Å²) in [5, 5.41) is 2.87. The van der Waals surface area contributed by atoms with Gasteiger partial charge >= 0.3 is 5.97 Å². The Morgan fingerprint density at radius 3 is 2.44 bits per heavy atom. The van der Waals surface area contributed by atoms with E-state index in [1.165, 1.54) is 10.6 Å². The molecular formula is C17H24N2O5S. The summed E-state index contributed by atoms with van der Waals surface area (Å²) in [6.45, 7) is 4.58. The van der Waals surface area contributed by atoms with E-state index in [2.05, 4.69) is 5.32 Å². The molecular weight excluding hydrogens is 344 g/mol. The van der Waals surface area contributed by atoms with E-state index in [1.807, 2.05) is 6.92 Å². The highest BCUT2D eigenvalue weighted by molar-refractivity contribution is 7.88. The SMILES string of the molecule is CCOC(=O)c1ccc(NC(=O)C2CCN(S(C)(=O)=O)CC2)c(C)c1. The van der Waals surface area contributed by atoms with Crippen LogP contribution in [0, 0.1) is 12.8 Å². The normalized spacial score (nSPS) is 16.4. The van der Waals surface area contributed by atoms with E-state index in [0.717, 1.165) is 5.56 Å². The van der Waals surface area contributed by atoms with E-state index in [0.29, 0.717) is 43.8 Å². The summed E-state index contributed by atoms with van der Waals surface area (Å²) < 4.78 is 29.4. The number of benzene rings is 1. The van der Waals surface area contributed by atoms with Crippen molar-refractivity contribution in [1.82, 2.24) is 4.31 Å². The standard InChI is InChI=1S/C17H24N2O5S/c1-4-24-17(21)14-5-6-15(12(2)11-14)18-16(20)13-7-9-19(10-8-13)25(3,22)23/h5-6,11,13H,4,7-10H2,1-3H3,(H,18,20). The smallest absolute Gasteiger partial charge is 0.338 e. The number of sulfonamides is 1. The minimum atomic E-state index is -3.20. The van der Waals surface area contributed by atoms with Crippen LogP contribution in [0.2, 0.25) is 0 Å². The molecule has 1 amide bonds. The first-order valence-corrected chi connectivity index (χ1v) is 10.1. The van der Waals surface area contributed by atoms with Crippen molar-refractivity contribution >= 4 is 27.6 Å². The van der Waals surface area contributed by atoms with Crippen molar-refractivity contribution in [1.29, 1.82) is 0 Å². The summed E-state index contributed by atoms with van der Waals surface area (Å²) in [4.78, 5) is 24.2. The third-order valence-electron chi connectivity index (χ3n) is 4.29. The predicted octanol–water partition coefficient (Wildman–Crippen LogP) is 1.78. The van der Waals surface area contributed by atoms with Gasteiger partial charge in [0.1, 0.15) is 0 Å². The largest absolute Gasteiger partial charge is 0.462 e. The van der Waals surface area contributed by atoms with Gasteiger partial charge < -0.3 is 10.1 Å². The molecule has 2 rings (SSSR count). The number of carbonyl (C=O) groups excluding carboxylic acids is 2. The van der Waals surface area contributed by atoms with E-state index in [1.54, 1.807) is 25.1 Å². The summed E-state index contributed by atoms with van der Waals surface area (Å²) in [5.41, 5.74) is 1.86. The Balaban J connectivity index is 1.98. The van der Waals surface area contributed by atoms with Crippen molar-refractivity contribution in [2.75, 3.05) is 31.3 Å². The number of nitrogens with one attached hydrogen (secondary N) is 1. The van der Waals surface area contributed by atoms with E-state index in [-0.39, 0.29) is 11.8 Å². The topological polar surface area (TPSA) is 92.8 Å². The van der Waals surface area contributed by atoms with Crippen LogP contribution >= 0.6 is 0 Å². The van der Waals surface area contributed by atoms with Gasteiger partial charge in [-0.25, -0.2) is 17.5 Å². The molecule has 1 fully saturated rings. The Hall–Kier alpha value is -1.93. The molecule has 25 heavy (non-hydrogen) atoms. The second-order valence-electron chi connectivity index (χ2n) is 6.18. The number of amides is 1. The number of piperidine rings is 1. The van der Waals surface area contributed by atoms with Crippen LogP contribution in [0.3, 0.4) is 0 Å². The molecule has 0 saturated carbocycles. The maximum atomic E-state index is 12.4. The van der Waals surface area contributed by atoms with Crippen LogP contribution in [0.25, 0.3) is 0 Å². The van der Waals surface area contributed by atoms with Crippen molar-refractivity contribution in [2.45, 2.75) is 26.7 Å². The van der Waals surface area contributed by atoms with Crippen LogP contribution in [0.5, 0.6) is 0 Å². The fourth-order valence-corrected chi connectivity index (χ4v) is 3.70. The molecule has 138 valence electrons. The predicted molar refractivity (Wildman–Crippen MR) is 94.9 cm³/mol. The molecule has 0 unspecified atom stereocenters. The number of hydrogen-bond donors (Lipinski definition) is 1. The van der Waals surface area contributed by atoms with Gasteiger partial charge in [-0.3, -0.25) is 4.79 Å². The molecule has 0 aliphatic carbocycles. The second kappa shape index (κ2) is 7.97. The molecule has 0 bridgehead atoms. The molecule has 1 heterocycles. The van der Waals surface area contributed by atoms with Gasteiger partial charge in [0, 0.05) is 24.7 Å². The number of rotatable bonds is 5. The van der Waals surface area contributed by atoms with E-state index < -0.39 is 16.0 Å². The van der Waals surface area contributed by atoms with Crippen molar-refractivity contribution in [3.8, 4) is 0 Å². The van der Waals surface area contributed by atoms with Crippen LogP contribution in [0.4, 0.5) is 5.69 Å². The third-order valence-corrected chi connectivity index (χ3v) is 5.59. The molecule has 0 atom stereocenters. The number of esters is 1. The monoisotopic (exact) mass is 368 g/mol. The van der Waals surface area contributed by atoms with Gasteiger partial charge in [0.25, 0.3) is 0 Å². The quantitative estimate of drug-likeness (QED) is 0.800. The molecule has 1 saturated heterocycles. The van der Waals surface area contributed by atoms with E-state index in [9.17, 15) is 18.0 Å². The first kappa shape index (κ1) is 19.4. The van der Waals surface area contributed by atoms with Crippen molar-refractivity contribution in [3.05, 3.63) is 29.3 Å². The van der Waals surface area contributed by atoms with Crippen LogP contribution in [-0.4, -0.2) is 50.6 Å². The van der Waals surface area contributed by atoms with Gasteiger partial charge in [0.15, 0.2) is 0 Å². The molecule has 0 spiro atoms. The van der Waals surface area contributed by atoms with Gasteiger partial charge in [-0.15, -0.1) is 0 Å². The minimum Gasteiger partial charge on any atom is -0.462 e. The van der Waals surface area contributed by atoms with E-state index >= 15 is 0 Å². The Kier molecular flexibility index (Phi) is 6.18. The van der Waals surface area contributed by atoms with Crippen LogP contribution in [0.15, 0.2) is 18.2 Å². The highest BCUT2D eigenvalue weighted by Crippen LogP contribution is 2.23. The van der Waals surface area contributed by atoms with Crippen molar-refractivity contribution in [3.63, 3.8) is 0 Å². The van der Waals surface area contributed by atoms with Crippen LogP contribution in [0.1, 0.15) is 35.7 Å². The lowest BCUT2D eigenvalue weighted by Gasteiger charge is -2.29. The van der Waals surface area contributed by atoms with Gasteiger partial charge in [0.05, 0.1) is 18.4 Å². The maximum Gasteiger partial charge on any atom is 0.338 e. The average Bonchev–Trinajstić information content (AvgIpc) is 2.56. The number of carbonyl (C=O) groups is 2. The van der Waals surface area contributed by atoms with Crippen LogP contribution < -0.4 is 5.32 Å². The third kappa shape index (κ3) is 5.02. The highest BCUT2D eigenvalue weighted by Gasteiger charge is 2.29. The highest BCUT2D eigenvalue weighted by atomic mass is 32.2. The fraction of sp³-hybridized carbons (Fsp3) is 0.529. The summed E-state index contributed by atoms with van der Waals surface area (Å²) in [5.74, 6) is -0.737. The van der Waals surface area contributed by atoms with Gasteiger partial charge in [0.2, 0.25) is 15.9 Å². The Labute approximate surface area is 148 Å². The van der Waals surface area contributed by atoms with Crippen molar-refractivity contribution in [2.24, 2.45) is 5.92 Å². The average molecular weight is 368 g/mol. The lowest BCUT2D eigenvalue weighted by atomic mass is 9.97. The molecule has 1 aromatic carbocycles. The number of ether oxygens (including phenoxy) is 1. The van der Waals surface area contributed by atoms with E-state index in [4.69, 9.17) is 4.74 Å². The first-order chi connectivity index (χ1) is 11.7. The number of anilines is 1. The zero-order valence-corrected chi connectivity index (χ0v) is 15.6. The minimum absolute atomic E-state index is 0.125. The molecule has 1 aromatic rings. The fourth-order valence-electron chi connectivity index (χ4n) is 2.83. The van der Waals surface area contributed by atoms with Crippen molar-refractivity contribution < 1.29 is 22.7 Å². The zero-order chi connectivity index (χ0) is 18.6. The second-order valence-corrected chi connectivity index (χ2v) is 8.16. The molecule has 1 aliphatic heterocycles. The summed E-state index contributed by atoms with van der Waals surface area (Å²) in [7, 11) is -3.20.